The largest absolute Gasteiger partial charge is 0.246 e. The van der Waals surface area contributed by atoms with Crippen LogP contribution in [0.25, 0.3) is 0 Å². The first-order valence-electron chi connectivity index (χ1n) is 3.05. The first-order valence-corrected chi connectivity index (χ1v) is 3.84. The Labute approximate surface area is 68.2 Å². The fourth-order valence-corrected chi connectivity index (χ4v) is 1.04. The lowest BCUT2D eigenvalue weighted by Crippen LogP contribution is -1.80. The molecule has 0 saturated heterocycles. The third kappa shape index (κ3) is 1.57. The lowest BCUT2D eigenvalue weighted by atomic mass is 10.2. The van der Waals surface area contributed by atoms with E-state index in [1.165, 1.54) is 0 Å². The molecule has 0 saturated carbocycles. The highest BCUT2D eigenvalue weighted by Gasteiger charge is 1.94. The quantitative estimate of drug-likeness (QED) is 0.657. The van der Waals surface area contributed by atoms with Gasteiger partial charge in [-0.3, -0.25) is 0 Å². The fraction of sp³-hybridized carbons (Fsp3) is 0.250. The highest BCUT2D eigenvalue weighted by Crippen LogP contribution is 2.17. The summed E-state index contributed by atoms with van der Waals surface area (Å²) in [4.78, 5) is 0. The second-order valence-corrected chi connectivity index (χ2v) is 3.07. The van der Waals surface area contributed by atoms with Crippen LogP contribution in [-0.4, -0.2) is 0 Å². The van der Waals surface area contributed by atoms with Gasteiger partial charge >= 0.3 is 0 Å². The maximum Gasteiger partial charge on any atom is 0.115 e. The summed E-state index contributed by atoms with van der Waals surface area (Å²) in [6.45, 7) is 1.57. The number of hydrogen-bond acceptors (Lipinski definition) is 0. The van der Waals surface area contributed by atoms with E-state index in [2.05, 4.69) is 15.9 Å². The van der Waals surface area contributed by atoms with E-state index < -0.39 is 0 Å². The molecule has 0 N–H and O–H groups in total. The molecule has 10 heavy (non-hydrogen) atoms. The molecular weight excluding hydrogens is 195 g/mol. The smallest absolute Gasteiger partial charge is 0.115 e. The summed E-state index contributed by atoms with van der Waals surface area (Å²) in [5.74, 6) is 0. The number of alkyl halides is 1. The zero-order valence-electron chi connectivity index (χ0n) is 5.70. The Kier molecular flexibility index (Phi) is 2.44. The number of aryl methyl sites for hydroxylation is 1. The molecule has 0 aliphatic heterocycles. The van der Waals surface area contributed by atoms with Gasteiger partial charge in [-0.05, 0) is 24.1 Å². The van der Waals surface area contributed by atoms with Crippen LogP contribution in [0, 0.1) is 6.92 Å². The van der Waals surface area contributed by atoms with E-state index in [0.717, 1.165) is 15.6 Å². The zero-order valence-corrected chi connectivity index (χ0v) is 7.28. The first kappa shape index (κ1) is 7.73. The second-order valence-electron chi connectivity index (χ2n) is 2.22. The van der Waals surface area contributed by atoms with Crippen LogP contribution in [0.4, 0.5) is 4.39 Å². The number of hydrogen-bond donors (Lipinski definition) is 0. The van der Waals surface area contributed by atoms with E-state index in [-0.39, 0.29) is 6.67 Å². The molecule has 1 aromatic rings. The van der Waals surface area contributed by atoms with Crippen LogP contribution in [0.2, 0.25) is 0 Å². The van der Waals surface area contributed by atoms with Gasteiger partial charge in [0.25, 0.3) is 0 Å². The van der Waals surface area contributed by atoms with Gasteiger partial charge < -0.3 is 0 Å². The van der Waals surface area contributed by atoms with Crippen molar-refractivity contribution in [2.24, 2.45) is 0 Å². The molecule has 1 aromatic carbocycles. The predicted octanol–water partition coefficient (Wildman–Crippen LogP) is 3.23. The molecule has 0 bridgehead atoms. The molecule has 0 amide bonds. The average Bonchev–Trinajstić information content (AvgIpc) is 1.95. The Balaban J connectivity index is 3.04. The third-order valence-electron chi connectivity index (χ3n) is 1.38. The molecule has 0 radical (unpaired) electrons. The summed E-state index contributed by atoms with van der Waals surface area (Å²) in [6, 6.07) is 5.48. The Bertz CT molecular complexity index is 233. The van der Waals surface area contributed by atoms with Crippen molar-refractivity contribution in [1.29, 1.82) is 0 Å². The van der Waals surface area contributed by atoms with Crippen molar-refractivity contribution in [2.45, 2.75) is 13.6 Å². The van der Waals surface area contributed by atoms with Crippen LogP contribution in [0.1, 0.15) is 11.1 Å². The van der Waals surface area contributed by atoms with Gasteiger partial charge in [0.15, 0.2) is 0 Å². The fourth-order valence-electron chi connectivity index (χ4n) is 0.790. The van der Waals surface area contributed by atoms with Crippen LogP contribution in [0.3, 0.4) is 0 Å². The average molecular weight is 203 g/mol. The summed E-state index contributed by atoms with van der Waals surface area (Å²) in [5.41, 5.74) is 1.82. The lowest BCUT2D eigenvalue weighted by molar-refractivity contribution is 0.485. The summed E-state index contributed by atoms with van der Waals surface area (Å²) >= 11 is 3.34. The van der Waals surface area contributed by atoms with E-state index in [4.69, 9.17) is 0 Å². The highest BCUT2D eigenvalue weighted by molar-refractivity contribution is 9.10. The molecule has 0 aliphatic carbocycles. The maximum atomic E-state index is 12.0. The molecule has 1 rings (SSSR count). The van der Waals surface area contributed by atoms with Crippen molar-refractivity contribution in [3.63, 3.8) is 0 Å². The molecule has 2 heteroatoms. The van der Waals surface area contributed by atoms with Crippen molar-refractivity contribution < 1.29 is 4.39 Å². The monoisotopic (exact) mass is 202 g/mol. The van der Waals surface area contributed by atoms with Crippen molar-refractivity contribution in [3.8, 4) is 0 Å². The van der Waals surface area contributed by atoms with Gasteiger partial charge in [0.05, 0.1) is 0 Å². The standard InChI is InChI=1S/C8H8BrF/c1-6-4-7(5-10)2-3-8(6)9/h2-4H,5H2,1H3. The Morgan fingerprint density at radius 3 is 2.70 bits per heavy atom. The van der Waals surface area contributed by atoms with E-state index in [9.17, 15) is 4.39 Å². The first-order chi connectivity index (χ1) is 4.74. The summed E-state index contributed by atoms with van der Waals surface area (Å²) in [5, 5.41) is 0. The normalized spacial score (nSPS) is 9.90. The molecule has 0 unspecified atom stereocenters. The van der Waals surface area contributed by atoms with Crippen molar-refractivity contribution >= 4 is 15.9 Å². The summed E-state index contributed by atoms with van der Waals surface area (Å²) in [6.07, 6.45) is 0. The predicted molar refractivity (Wildman–Crippen MR) is 43.7 cm³/mol. The van der Waals surface area contributed by atoms with Crippen LogP contribution in [0.15, 0.2) is 22.7 Å². The summed E-state index contributed by atoms with van der Waals surface area (Å²) in [7, 11) is 0. The van der Waals surface area contributed by atoms with Crippen molar-refractivity contribution in [3.05, 3.63) is 33.8 Å². The minimum Gasteiger partial charge on any atom is -0.246 e. The lowest BCUT2D eigenvalue weighted by Gasteiger charge is -1.98. The topological polar surface area (TPSA) is 0 Å². The minimum atomic E-state index is -0.381. The van der Waals surface area contributed by atoms with Gasteiger partial charge in [-0.1, -0.05) is 28.1 Å². The van der Waals surface area contributed by atoms with Crippen LogP contribution in [-0.2, 0) is 6.67 Å². The number of rotatable bonds is 1. The van der Waals surface area contributed by atoms with E-state index in [1.54, 1.807) is 6.07 Å². The van der Waals surface area contributed by atoms with Gasteiger partial charge in [-0.2, -0.15) is 0 Å². The van der Waals surface area contributed by atoms with Crippen LogP contribution < -0.4 is 0 Å². The van der Waals surface area contributed by atoms with Crippen molar-refractivity contribution in [1.82, 2.24) is 0 Å². The molecule has 54 valence electrons. The number of benzene rings is 1. The third-order valence-corrected chi connectivity index (χ3v) is 2.27. The zero-order chi connectivity index (χ0) is 7.56. The Morgan fingerprint density at radius 2 is 2.20 bits per heavy atom. The molecule has 0 fully saturated rings. The SMILES string of the molecule is Cc1cc(CF)ccc1Br. The van der Waals surface area contributed by atoms with E-state index in [0.29, 0.717) is 0 Å². The molecule has 0 heterocycles. The van der Waals surface area contributed by atoms with E-state index >= 15 is 0 Å². The highest BCUT2D eigenvalue weighted by atomic mass is 79.9. The molecule has 0 atom stereocenters. The maximum absolute atomic E-state index is 12.0. The van der Waals surface area contributed by atoms with Gasteiger partial charge in [0.2, 0.25) is 0 Å². The Hall–Kier alpha value is -0.370. The summed E-state index contributed by atoms with van der Waals surface area (Å²) < 4.78 is 13.1. The molecule has 0 nitrogen and oxygen atoms in total. The van der Waals surface area contributed by atoms with Gasteiger partial charge in [-0.25, -0.2) is 4.39 Å². The molecule has 0 spiro atoms. The molecule has 0 aliphatic rings. The molecule has 0 aromatic heterocycles. The number of halogens is 2. The van der Waals surface area contributed by atoms with Crippen molar-refractivity contribution in [2.75, 3.05) is 0 Å². The molecular formula is C8H8BrF. The minimum absolute atomic E-state index is 0.381. The Morgan fingerprint density at radius 1 is 1.50 bits per heavy atom. The van der Waals surface area contributed by atoms with Gasteiger partial charge in [0, 0.05) is 4.47 Å². The van der Waals surface area contributed by atoms with Crippen LogP contribution >= 0.6 is 15.9 Å². The van der Waals surface area contributed by atoms with Gasteiger partial charge in [0.1, 0.15) is 6.67 Å². The second kappa shape index (κ2) is 3.15. The van der Waals surface area contributed by atoms with Crippen LogP contribution in [0.5, 0.6) is 0 Å². The van der Waals surface area contributed by atoms with Gasteiger partial charge in [-0.15, -0.1) is 0 Å². The van der Waals surface area contributed by atoms with E-state index in [1.807, 2.05) is 19.1 Å².